The molecule has 4 aliphatic heterocycles. The number of fused-ring (bicyclic) bond motifs is 5. The van der Waals surface area contributed by atoms with Gasteiger partial charge >= 0.3 is 0 Å². The normalized spacial score (nSPS) is 56.4. The van der Waals surface area contributed by atoms with Crippen molar-refractivity contribution in [2.24, 2.45) is 52.3 Å². The van der Waals surface area contributed by atoms with E-state index in [1.807, 2.05) is 0 Å². The summed E-state index contributed by atoms with van der Waals surface area (Å²) in [6, 6.07) is 0. The summed E-state index contributed by atoms with van der Waals surface area (Å²) in [5, 5.41) is 94.4. The van der Waals surface area contributed by atoms with Crippen LogP contribution in [0.5, 0.6) is 0 Å². The van der Waals surface area contributed by atoms with Gasteiger partial charge in [0, 0.05) is 18.3 Å². The van der Waals surface area contributed by atoms with Crippen LogP contribution in [0.2, 0.25) is 0 Å². The summed E-state index contributed by atoms with van der Waals surface area (Å²) in [6.07, 6.45) is -13.0. The number of hydrogen-bond acceptors (Lipinski definition) is 17. The fourth-order valence-corrected chi connectivity index (χ4v) is 13.8. The number of aliphatic hydroxyl groups excluding tert-OH is 9. The second-order valence-electron chi connectivity index (χ2n) is 21.1. The van der Waals surface area contributed by atoms with Crippen molar-refractivity contribution in [3.8, 4) is 0 Å². The highest BCUT2D eigenvalue weighted by molar-refractivity contribution is 5.83. The van der Waals surface area contributed by atoms with E-state index in [0.29, 0.717) is 37.0 Å². The average Bonchev–Trinajstić information content (AvgIpc) is 3.60. The van der Waals surface area contributed by atoms with Crippen molar-refractivity contribution in [2.75, 3.05) is 6.61 Å². The largest absolute Gasteiger partial charge is 0.394 e. The zero-order valence-corrected chi connectivity index (χ0v) is 37.0. The van der Waals surface area contributed by atoms with Crippen molar-refractivity contribution in [2.45, 2.75) is 216 Å². The zero-order valence-electron chi connectivity index (χ0n) is 37.0. The Kier molecular flexibility index (Phi) is 14.0. The summed E-state index contributed by atoms with van der Waals surface area (Å²) in [4.78, 5) is 14.4. The van der Waals surface area contributed by atoms with Crippen molar-refractivity contribution in [1.29, 1.82) is 0 Å². The maximum Gasteiger partial charge on any atom is 0.189 e. The van der Waals surface area contributed by atoms with Gasteiger partial charge in [0.1, 0.15) is 66.8 Å². The van der Waals surface area contributed by atoms with Gasteiger partial charge in [-0.1, -0.05) is 27.7 Å². The Labute approximate surface area is 364 Å². The molecular formula is C45H74O17. The summed E-state index contributed by atoms with van der Waals surface area (Å²) >= 11 is 0. The molecule has 8 fully saturated rings. The van der Waals surface area contributed by atoms with Crippen LogP contribution in [-0.4, -0.2) is 169 Å². The molecule has 27 atom stereocenters. The second kappa shape index (κ2) is 18.3. The van der Waals surface area contributed by atoms with Gasteiger partial charge in [0.15, 0.2) is 25.2 Å². The van der Waals surface area contributed by atoms with Gasteiger partial charge in [0.05, 0.1) is 31.0 Å². The lowest BCUT2D eigenvalue weighted by molar-refractivity contribution is -0.370. The van der Waals surface area contributed by atoms with E-state index in [-0.39, 0.29) is 46.4 Å². The number of carbonyl (C=O) groups is 1. The smallest absolute Gasteiger partial charge is 0.189 e. The van der Waals surface area contributed by atoms with Crippen molar-refractivity contribution in [3.05, 3.63) is 0 Å². The summed E-state index contributed by atoms with van der Waals surface area (Å²) in [7, 11) is 0. The lowest BCUT2D eigenvalue weighted by atomic mass is 9.44. The Morgan fingerprint density at radius 1 is 0.629 bits per heavy atom. The number of ether oxygens (including phenoxy) is 7. The number of carbonyl (C=O) groups excluding carboxylic acids is 1. The molecule has 0 radical (unpaired) electrons. The Morgan fingerprint density at radius 3 is 1.89 bits per heavy atom. The van der Waals surface area contributed by atoms with Gasteiger partial charge in [-0.2, -0.15) is 0 Å². The van der Waals surface area contributed by atoms with Crippen molar-refractivity contribution in [3.63, 3.8) is 0 Å². The van der Waals surface area contributed by atoms with E-state index in [1.165, 1.54) is 6.92 Å². The van der Waals surface area contributed by atoms with Crippen LogP contribution in [0.1, 0.15) is 106 Å². The van der Waals surface area contributed by atoms with E-state index in [4.69, 9.17) is 33.2 Å². The molecule has 0 spiro atoms. The minimum absolute atomic E-state index is 0.0229. The second-order valence-corrected chi connectivity index (χ2v) is 21.1. The first-order valence-corrected chi connectivity index (χ1v) is 23.4. The predicted octanol–water partition coefficient (Wildman–Crippen LogP) is 0.483. The van der Waals surface area contributed by atoms with E-state index in [0.717, 1.165) is 44.9 Å². The van der Waals surface area contributed by atoms with Crippen molar-refractivity contribution < 1.29 is 83.9 Å². The lowest BCUT2D eigenvalue weighted by Crippen LogP contribution is -2.64. The molecule has 8 aliphatic rings. The minimum atomic E-state index is -1.67. The van der Waals surface area contributed by atoms with Gasteiger partial charge < -0.3 is 79.1 Å². The Bertz CT molecular complexity index is 1560. The van der Waals surface area contributed by atoms with Crippen LogP contribution in [0.4, 0.5) is 0 Å². The van der Waals surface area contributed by atoms with Gasteiger partial charge in [-0.15, -0.1) is 0 Å². The van der Waals surface area contributed by atoms with Gasteiger partial charge in [-0.05, 0) is 112 Å². The zero-order chi connectivity index (χ0) is 44.7. The Morgan fingerprint density at radius 2 is 1.24 bits per heavy atom. The number of rotatable bonds is 9. The highest BCUT2D eigenvalue weighted by atomic mass is 16.8. The van der Waals surface area contributed by atoms with Crippen LogP contribution in [0.25, 0.3) is 0 Å². The van der Waals surface area contributed by atoms with Crippen molar-refractivity contribution in [1.82, 2.24) is 0 Å². The molecule has 17 heteroatoms. The Balaban J connectivity index is 0.917. The molecule has 0 aromatic rings. The van der Waals surface area contributed by atoms with Gasteiger partial charge in [-0.3, -0.25) is 4.79 Å². The topological polar surface area (TPSA) is 264 Å². The fourth-order valence-electron chi connectivity index (χ4n) is 13.8. The maximum absolute atomic E-state index is 14.4. The number of ketones is 1. The highest BCUT2D eigenvalue weighted by Gasteiger charge is 2.64. The molecule has 0 aromatic heterocycles. The van der Waals surface area contributed by atoms with Crippen LogP contribution in [0, 0.1) is 52.3 Å². The van der Waals surface area contributed by atoms with E-state index >= 15 is 0 Å². The van der Waals surface area contributed by atoms with E-state index in [1.54, 1.807) is 6.92 Å². The lowest BCUT2D eigenvalue weighted by Gasteiger charge is -2.61. The number of Topliss-reactive ketones (excluding diaryl/α,β-unsaturated/α-hetero) is 1. The summed E-state index contributed by atoms with van der Waals surface area (Å²) in [6.45, 7) is 11.6. The molecule has 4 saturated heterocycles. The molecule has 8 rings (SSSR count). The molecule has 4 saturated carbocycles. The minimum Gasteiger partial charge on any atom is -0.394 e. The van der Waals surface area contributed by atoms with Crippen LogP contribution in [-0.2, 0) is 38.0 Å². The standard InChI is InChI=1S/C45H74O17/c1-18-7-10-29(59-40(18)62-42-38(55)35(52)32(49)21(4)57-42)19(2)24-8-9-25-23-16-28(47)27-15-22(11-13-45(27,6)26(23)12-14-44(24,25)5)58-43-39(36(53)33(50)30(17-46)60-43)61-41-37(54)34(51)31(48)20(3)56-41/h18-27,29-43,46,48-55H,7-17H2,1-6H3/t18-,19-,20-,21-,22-,23?,24+,25?,26?,27?,29+,30+,31-,32-,33+,34+,35+,36-,37+,38+,39+,40+,41-,42-,43+,44+,45+/m0/s1. The molecule has 0 amide bonds. The van der Waals surface area contributed by atoms with Gasteiger partial charge in [-0.25, -0.2) is 0 Å². The molecule has 0 bridgehead atoms. The van der Waals surface area contributed by atoms with Crippen LogP contribution >= 0.6 is 0 Å². The molecule has 0 aromatic carbocycles. The monoisotopic (exact) mass is 886 g/mol. The molecule has 4 unspecified atom stereocenters. The van der Waals surface area contributed by atoms with Crippen LogP contribution < -0.4 is 0 Å². The SMILES string of the molecule is C[C@@H]([C@H]1CCC2C3CC(=O)C4C[C@@H](O[C@@H]5O[C@H](CO)[C@@H](O)[C@H](O)[C@H]5O[C@@H]5O[C@@H](C)[C@H](O)[C@@H](O)[C@H]5O)CC[C@]4(C)C3CC[C@@]21C)[C@H]1CC[C@H](C)[C@@H](O[C@@H]2O[C@@H](C)[C@H](O)[C@@H](O)[C@H]2O)O1. The third-order valence-corrected chi connectivity index (χ3v) is 17.7. The summed E-state index contributed by atoms with van der Waals surface area (Å²) in [5.74, 6) is 1.60. The first-order valence-electron chi connectivity index (χ1n) is 23.4. The molecule has 356 valence electrons. The van der Waals surface area contributed by atoms with E-state index in [2.05, 4.69) is 27.7 Å². The first-order chi connectivity index (χ1) is 29.3. The van der Waals surface area contributed by atoms with Crippen LogP contribution in [0.3, 0.4) is 0 Å². The fraction of sp³-hybridized carbons (Fsp3) is 0.978. The highest BCUT2D eigenvalue weighted by Crippen LogP contribution is 2.68. The van der Waals surface area contributed by atoms with E-state index in [9.17, 15) is 50.8 Å². The van der Waals surface area contributed by atoms with Gasteiger partial charge in [0.2, 0.25) is 0 Å². The van der Waals surface area contributed by atoms with E-state index < -0.39 is 111 Å². The Hall–Kier alpha value is -0.970. The van der Waals surface area contributed by atoms with Gasteiger partial charge in [0.25, 0.3) is 0 Å². The maximum atomic E-state index is 14.4. The number of hydrogen-bond donors (Lipinski definition) is 9. The summed E-state index contributed by atoms with van der Waals surface area (Å²) in [5.41, 5.74) is -0.222. The molecule has 4 heterocycles. The molecular weight excluding hydrogens is 812 g/mol. The molecule has 62 heavy (non-hydrogen) atoms. The average molecular weight is 887 g/mol. The molecule has 4 aliphatic carbocycles. The third-order valence-electron chi connectivity index (χ3n) is 17.7. The van der Waals surface area contributed by atoms with Crippen molar-refractivity contribution >= 4 is 5.78 Å². The predicted molar refractivity (Wildman–Crippen MR) is 215 cm³/mol. The van der Waals surface area contributed by atoms with Crippen LogP contribution in [0.15, 0.2) is 0 Å². The quantitative estimate of drug-likeness (QED) is 0.143. The third kappa shape index (κ3) is 8.27. The first kappa shape index (κ1) is 47.5. The summed E-state index contributed by atoms with van der Waals surface area (Å²) < 4.78 is 42.7. The molecule has 9 N–H and O–H groups in total. The number of aliphatic hydroxyl groups is 9. The molecule has 17 nitrogen and oxygen atoms in total.